The van der Waals surface area contributed by atoms with E-state index >= 15 is 0 Å². The van der Waals surface area contributed by atoms with Crippen molar-refractivity contribution in [2.75, 3.05) is 18.9 Å². The summed E-state index contributed by atoms with van der Waals surface area (Å²) < 4.78 is 10.8. The maximum atomic E-state index is 13.2. The second-order valence-electron chi connectivity index (χ2n) is 10.0. The number of thioether (sulfide) groups is 1. The molecule has 1 amide bonds. The van der Waals surface area contributed by atoms with Crippen LogP contribution in [0.5, 0.6) is 0 Å². The first-order valence-electron chi connectivity index (χ1n) is 12.2. The van der Waals surface area contributed by atoms with Crippen molar-refractivity contribution < 1.29 is 23.9 Å². The van der Waals surface area contributed by atoms with E-state index in [2.05, 4.69) is 29.6 Å². The van der Waals surface area contributed by atoms with Gasteiger partial charge in [-0.05, 0) is 71.4 Å². The Morgan fingerprint density at radius 1 is 1.18 bits per heavy atom. The molecule has 1 saturated heterocycles. The van der Waals surface area contributed by atoms with Crippen LogP contribution in [0.25, 0.3) is 0 Å². The zero-order chi connectivity index (χ0) is 24.9. The van der Waals surface area contributed by atoms with Crippen LogP contribution >= 0.6 is 11.8 Å². The van der Waals surface area contributed by atoms with Gasteiger partial charge in [-0.1, -0.05) is 24.3 Å². The number of amides is 1. The van der Waals surface area contributed by atoms with Crippen molar-refractivity contribution in [1.82, 2.24) is 10.2 Å². The van der Waals surface area contributed by atoms with Gasteiger partial charge in [0.05, 0.1) is 12.6 Å². The molecule has 0 bridgehead atoms. The average molecular weight is 491 g/mol. The van der Waals surface area contributed by atoms with Gasteiger partial charge in [0.1, 0.15) is 17.7 Å². The predicted molar refractivity (Wildman–Crippen MR) is 134 cm³/mol. The molecule has 3 rings (SSSR count). The van der Waals surface area contributed by atoms with Gasteiger partial charge in [-0.2, -0.15) is 11.8 Å². The summed E-state index contributed by atoms with van der Waals surface area (Å²) in [6.07, 6.45) is 3.31. The third-order valence-corrected chi connectivity index (χ3v) is 7.45. The van der Waals surface area contributed by atoms with Crippen molar-refractivity contribution >= 4 is 29.6 Å². The predicted octanol–water partition coefficient (Wildman–Crippen LogP) is 3.13. The molecule has 0 aromatic heterocycles. The number of hydrogen-bond donors (Lipinski definition) is 1. The van der Waals surface area contributed by atoms with Gasteiger partial charge in [-0.25, -0.2) is 4.79 Å². The Kier molecular flexibility index (Phi) is 9.04. The van der Waals surface area contributed by atoms with Crippen LogP contribution in [0.3, 0.4) is 0 Å². The molecule has 1 aliphatic heterocycles. The fraction of sp³-hybridized carbons (Fsp3) is 0.654. The molecule has 3 atom stereocenters. The van der Waals surface area contributed by atoms with Gasteiger partial charge in [0.25, 0.3) is 0 Å². The number of benzene rings is 1. The van der Waals surface area contributed by atoms with Gasteiger partial charge < -0.3 is 14.4 Å². The van der Waals surface area contributed by atoms with Crippen molar-refractivity contribution in [3.8, 4) is 0 Å². The van der Waals surface area contributed by atoms with Crippen LogP contribution in [-0.2, 0) is 36.7 Å². The van der Waals surface area contributed by atoms with Crippen molar-refractivity contribution in [3.63, 3.8) is 0 Å². The third kappa shape index (κ3) is 6.98. The highest BCUT2D eigenvalue weighted by atomic mass is 32.2. The zero-order valence-corrected chi connectivity index (χ0v) is 21.8. The number of carbonyl (C=O) groups excluding carboxylic acids is 3. The minimum absolute atomic E-state index is 0.194. The summed E-state index contributed by atoms with van der Waals surface area (Å²) in [6.45, 7) is 9.77. The maximum absolute atomic E-state index is 13.2. The Morgan fingerprint density at radius 2 is 1.82 bits per heavy atom. The summed E-state index contributed by atoms with van der Waals surface area (Å²) in [5, 5.41) is 3.59. The van der Waals surface area contributed by atoms with E-state index in [0.29, 0.717) is 24.0 Å². The van der Waals surface area contributed by atoms with Crippen molar-refractivity contribution in [1.29, 1.82) is 0 Å². The molecule has 0 radical (unpaired) electrons. The smallest absolute Gasteiger partial charge is 0.329 e. The molecular weight excluding hydrogens is 452 g/mol. The first-order valence-corrected chi connectivity index (χ1v) is 13.3. The van der Waals surface area contributed by atoms with Crippen LogP contribution < -0.4 is 5.32 Å². The maximum Gasteiger partial charge on any atom is 0.329 e. The lowest BCUT2D eigenvalue weighted by atomic mass is 10.1. The summed E-state index contributed by atoms with van der Waals surface area (Å²) in [5.74, 6) is -0.398. The molecule has 34 heavy (non-hydrogen) atoms. The molecular formula is C26H38N2O5S. The lowest BCUT2D eigenvalue weighted by Gasteiger charge is -2.30. The van der Waals surface area contributed by atoms with E-state index < -0.39 is 23.7 Å². The quantitative estimate of drug-likeness (QED) is 0.533. The van der Waals surface area contributed by atoms with E-state index in [4.69, 9.17) is 9.47 Å². The normalized spacial score (nSPS) is 20.0. The summed E-state index contributed by atoms with van der Waals surface area (Å²) in [7, 11) is 0. The van der Waals surface area contributed by atoms with E-state index in [1.165, 1.54) is 11.1 Å². The van der Waals surface area contributed by atoms with E-state index in [0.717, 1.165) is 19.3 Å². The SMILES string of the molecule is CCOC(=O)[C@H](CSC1Cc2ccccc2C1)N[C@@H](C)C(=O)N1CCC[C@H]1C(=O)OC(C)(C)C. The van der Waals surface area contributed by atoms with Crippen LogP contribution in [0.4, 0.5) is 0 Å². The highest BCUT2D eigenvalue weighted by Gasteiger charge is 2.39. The molecule has 1 N–H and O–H groups in total. The molecule has 0 spiro atoms. The second kappa shape index (κ2) is 11.6. The minimum atomic E-state index is -0.626. The molecule has 1 aromatic carbocycles. The summed E-state index contributed by atoms with van der Waals surface area (Å²) in [4.78, 5) is 40.2. The van der Waals surface area contributed by atoms with Gasteiger partial charge in [0, 0.05) is 17.5 Å². The lowest BCUT2D eigenvalue weighted by Crippen LogP contribution is -2.54. The van der Waals surface area contributed by atoms with Crippen molar-refractivity contribution in [2.45, 2.75) is 89.3 Å². The number of hydrogen-bond acceptors (Lipinski definition) is 7. The van der Waals surface area contributed by atoms with Crippen LogP contribution in [0.15, 0.2) is 24.3 Å². The average Bonchev–Trinajstić information content (AvgIpc) is 3.41. The number of nitrogens with one attached hydrogen (secondary N) is 1. The third-order valence-electron chi connectivity index (χ3n) is 6.12. The van der Waals surface area contributed by atoms with E-state index in [-0.39, 0.29) is 24.5 Å². The fourth-order valence-electron chi connectivity index (χ4n) is 4.56. The molecule has 1 aliphatic carbocycles. The number of nitrogens with zero attached hydrogens (tertiary/aromatic N) is 1. The molecule has 2 aliphatic rings. The molecule has 0 unspecified atom stereocenters. The fourth-order valence-corrected chi connectivity index (χ4v) is 5.85. The van der Waals surface area contributed by atoms with Crippen molar-refractivity contribution in [2.24, 2.45) is 0 Å². The highest BCUT2D eigenvalue weighted by Crippen LogP contribution is 2.30. The van der Waals surface area contributed by atoms with Crippen molar-refractivity contribution in [3.05, 3.63) is 35.4 Å². The monoisotopic (exact) mass is 490 g/mol. The molecule has 8 heteroatoms. The number of rotatable bonds is 9. The number of esters is 2. The first kappa shape index (κ1) is 26.5. The summed E-state index contributed by atoms with van der Waals surface area (Å²) >= 11 is 1.74. The molecule has 188 valence electrons. The molecule has 0 saturated carbocycles. The standard InChI is InChI=1S/C26H38N2O5S/c1-6-32-24(30)21(16-34-20-14-18-10-7-8-11-19(18)15-20)27-17(2)23(29)28-13-9-12-22(28)25(31)33-26(3,4)5/h7-8,10-11,17,20-22,27H,6,9,12-16H2,1-5H3/t17-,21-,22-/m0/s1. The lowest BCUT2D eigenvalue weighted by molar-refractivity contribution is -0.163. The number of ether oxygens (including phenoxy) is 2. The van der Waals surface area contributed by atoms with Crippen LogP contribution in [0.1, 0.15) is 58.6 Å². The van der Waals surface area contributed by atoms with Gasteiger partial charge in [-0.15, -0.1) is 0 Å². The largest absolute Gasteiger partial charge is 0.465 e. The Balaban J connectivity index is 1.60. The van der Waals surface area contributed by atoms with Gasteiger partial charge in [0.15, 0.2) is 0 Å². The van der Waals surface area contributed by atoms with E-state index in [1.807, 2.05) is 20.8 Å². The topological polar surface area (TPSA) is 84.9 Å². The molecule has 1 heterocycles. The van der Waals surface area contributed by atoms with Crippen LogP contribution in [0, 0.1) is 0 Å². The van der Waals surface area contributed by atoms with Gasteiger partial charge in [-0.3, -0.25) is 14.9 Å². The van der Waals surface area contributed by atoms with Crippen LogP contribution in [-0.4, -0.2) is 70.6 Å². The second-order valence-corrected chi connectivity index (χ2v) is 11.4. The Hall–Kier alpha value is -2.06. The number of carbonyl (C=O) groups is 3. The highest BCUT2D eigenvalue weighted by molar-refractivity contribution is 8.00. The van der Waals surface area contributed by atoms with Gasteiger partial charge >= 0.3 is 11.9 Å². The first-order chi connectivity index (χ1) is 16.1. The zero-order valence-electron chi connectivity index (χ0n) is 21.0. The Morgan fingerprint density at radius 3 is 2.41 bits per heavy atom. The summed E-state index contributed by atoms with van der Waals surface area (Å²) in [5.41, 5.74) is 2.13. The number of likely N-dealkylation sites (tertiary alicyclic amines) is 1. The minimum Gasteiger partial charge on any atom is -0.465 e. The van der Waals surface area contributed by atoms with Gasteiger partial charge in [0.2, 0.25) is 5.91 Å². The Bertz CT molecular complexity index is 859. The van der Waals surface area contributed by atoms with Crippen LogP contribution in [0.2, 0.25) is 0 Å². The molecule has 1 aromatic rings. The number of fused-ring (bicyclic) bond motifs is 1. The van der Waals surface area contributed by atoms with E-state index in [9.17, 15) is 14.4 Å². The summed E-state index contributed by atoms with van der Waals surface area (Å²) in [6, 6.07) is 6.64. The molecule has 7 nitrogen and oxygen atoms in total. The molecule has 1 fully saturated rings. The van der Waals surface area contributed by atoms with E-state index in [1.54, 1.807) is 30.5 Å². The Labute approximate surface area is 207 Å².